The van der Waals surface area contributed by atoms with Crippen molar-refractivity contribution in [2.24, 2.45) is 0 Å². The highest BCUT2D eigenvalue weighted by atomic mass is 15.1. The summed E-state index contributed by atoms with van der Waals surface area (Å²) in [7, 11) is 0. The maximum absolute atomic E-state index is 3.84. The van der Waals surface area contributed by atoms with Gasteiger partial charge in [-0.3, -0.25) is 0 Å². The summed E-state index contributed by atoms with van der Waals surface area (Å²) in [5, 5.41) is 2.95. The van der Waals surface area contributed by atoms with Gasteiger partial charge in [0.25, 0.3) is 0 Å². The molecule has 1 N–H and O–H groups in total. The average Bonchev–Trinajstić information content (AvgIpc) is 1.91. The van der Waals surface area contributed by atoms with Gasteiger partial charge in [0.1, 0.15) is 12.7 Å². The lowest BCUT2D eigenvalue weighted by Gasteiger charge is -1.95. The smallest absolute Gasteiger partial charge is 0.225 e. The molecule has 0 aliphatic heterocycles. The van der Waals surface area contributed by atoms with Crippen LogP contribution in [0.15, 0.2) is 12.7 Å². The van der Waals surface area contributed by atoms with Crippen LogP contribution in [0.1, 0.15) is 6.92 Å². The molecule has 1 aromatic heterocycles. The Morgan fingerprint density at radius 2 is 2.11 bits per heavy atom. The highest BCUT2D eigenvalue weighted by Crippen LogP contribution is 1.88. The Bertz CT molecular complexity index is 162. The van der Waals surface area contributed by atoms with E-state index in [1.165, 1.54) is 12.7 Å². The first kappa shape index (κ1) is 5.94. The van der Waals surface area contributed by atoms with Gasteiger partial charge in [-0.2, -0.15) is 0 Å². The van der Waals surface area contributed by atoms with Gasteiger partial charge in [0.15, 0.2) is 0 Å². The van der Waals surface area contributed by atoms with Crippen molar-refractivity contribution in [1.82, 2.24) is 15.0 Å². The zero-order chi connectivity index (χ0) is 6.53. The summed E-state index contributed by atoms with van der Waals surface area (Å²) in [4.78, 5) is 11.3. The maximum atomic E-state index is 3.84. The Morgan fingerprint density at radius 1 is 1.44 bits per heavy atom. The average molecular weight is 124 g/mol. The topological polar surface area (TPSA) is 50.7 Å². The van der Waals surface area contributed by atoms with Crippen molar-refractivity contribution < 1.29 is 0 Å². The minimum absolute atomic E-state index is 0.632. The van der Waals surface area contributed by atoms with Gasteiger partial charge in [-0.15, -0.1) is 0 Å². The van der Waals surface area contributed by atoms with E-state index in [0.717, 1.165) is 6.54 Å². The molecule has 4 nitrogen and oxygen atoms in total. The number of anilines is 1. The van der Waals surface area contributed by atoms with Gasteiger partial charge in [-0.1, -0.05) is 0 Å². The molecule has 0 radical (unpaired) electrons. The number of rotatable bonds is 2. The van der Waals surface area contributed by atoms with E-state index < -0.39 is 0 Å². The van der Waals surface area contributed by atoms with Crippen molar-refractivity contribution in [3.63, 3.8) is 0 Å². The van der Waals surface area contributed by atoms with Gasteiger partial charge >= 0.3 is 0 Å². The molecule has 0 amide bonds. The molecule has 0 fully saturated rings. The van der Waals surface area contributed by atoms with Gasteiger partial charge in [0.2, 0.25) is 5.95 Å². The summed E-state index contributed by atoms with van der Waals surface area (Å²) >= 11 is 0. The van der Waals surface area contributed by atoms with Crippen molar-refractivity contribution >= 4 is 5.95 Å². The van der Waals surface area contributed by atoms with Gasteiger partial charge in [-0.05, 0) is 6.92 Å². The summed E-state index contributed by atoms with van der Waals surface area (Å²) in [6.07, 6.45) is 2.93. The van der Waals surface area contributed by atoms with Crippen LogP contribution in [0.2, 0.25) is 0 Å². The predicted molar refractivity (Wildman–Crippen MR) is 34.0 cm³/mol. The van der Waals surface area contributed by atoms with Crippen LogP contribution in [0.25, 0.3) is 0 Å². The molecule has 0 spiro atoms. The lowest BCUT2D eigenvalue weighted by molar-refractivity contribution is 1.02. The van der Waals surface area contributed by atoms with Crippen LogP contribution in [-0.4, -0.2) is 21.5 Å². The third kappa shape index (κ3) is 1.64. The van der Waals surface area contributed by atoms with E-state index in [1.807, 2.05) is 6.92 Å². The molecular formula is C5H8N4. The van der Waals surface area contributed by atoms with Crippen molar-refractivity contribution in [2.75, 3.05) is 11.9 Å². The number of hydrogen-bond acceptors (Lipinski definition) is 4. The summed E-state index contributed by atoms with van der Waals surface area (Å²) in [5.41, 5.74) is 0. The molecule has 1 aromatic rings. The Labute approximate surface area is 53.4 Å². The van der Waals surface area contributed by atoms with E-state index in [1.54, 1.807) is 0 Å². The molecular weight excluding hydrogens is 116 g/mol. The third-order valence-corrected chi connectivity index (χ3v) is 0.828. The van der Waals surface area contributed by atoms with Gasteiger partial charge in [-0.25, -0.2) is 15.0 Å². The molecule has 0 saturated carbocycles. The van der Waals surface area contributed by atoms with Gasteiger partial charge in [0.05, 0.1) is 0 Å². The normalized spacial score (nSPS) is 9.00. The van der Waals surface area contributed by atoms with Crippen LogP contribution < -0.4 is 5.32 Å². The number of hydrogen-bond donors (Lipinski definition) is 1. The summed E-state index contributed by atoms with van der Waals surface area (Å²) in [6, 6.07) is 0. The first-order chi connectivity index (χ1) is 4.43. The van der Waals surface area contributed by atoms with Crippen LogP contribution in [0.4, 0.5) is 5.95 Å². The second-order valence-electron chi connectivity index (χ2n) is 1.49. The summed E-state index contributed by atoms with van der Waals surface area (Å²) in [6.45, 7) is 2.83. The Hall–Kier alpha value is -1.19. The summed E-state index contributed by atoms with van der Waals surface area (Å²) < 4.78 is 0. The monoisotopic (exact) mass is 124 g/mol. The standard InChI is InChI=1S/C5H8N4/c1-2-7-5-8-3-6-4-9-5/h3-4H,2H2,1H3,(H,6,7,8,9). The van der Waals surface area contributed by atoms with Crippen molar-refractivity contribution in [3.8, 4) is 0 Å². The van der Waals surface area contributed by atoms with Crippen molar-refractivity contribution in [2.45, 2.75) is 6.92 Å². The van der Waals surface area contributed by atoms with Gasteiger partial charge < -0.3 is 5.32 Å². The molecule has 9 heavy (non-hydrogen) atoms. The van der Waals surface area contributed by atoms with Crippen LogP contribution in [0, 0.1) is 0 Å². The Kier molecular flexibility index (Phi) is 1.95. The van der Waals surface area contributed by atoms with Crippen LogP contribution in [0.3, 0.4) is 0 Å². The number of nitrogens with one attached hydrogen (secondary N) is 1. The molecule has 4 heteroatoms. The van der Waals surface area contributed by atoms with E-state index in [2.05, 4.69) is 20.3 Å². The van der Waals surface area contributed by atoms with E-state index in [9.17, 15) is 0 Å². The lowest BCUT2D eigenvalue weighted by atomic mass is 10.7. The lowest BCUT2D eigenvalue weighted by Crippen LogP contribution is -2.00. The number of nitrogens with zero attached hydrogens (tertiary/aromatic N) is 3. The minimum Gasteiger partial charge on any atom is -0.354 e. The van der Waals surface area contributed by atoms with Crippen LogP contribution in [0.5, 0.6) is 0 Å². The second-order valence-corrected chi connectivity index (χ2v) is 1.49. The fraction of sp³-hybridized carbons (Fsp3) is 0.400. The highest BCUT2D eigenvalue weighted by molar-refractivity contribution is 5.19. The molecule has 0 bridgehead atoms. The predicted octanol–water partition coefficient (Wildman–Crippen LogP) is 0.303. The van der Waals surface area contributed by atoms with E-state index in [-0.39, 0.29) is 0 Å². The SMILES string of the molecule is CCNc1ncncn1. The first-order valence-corrected chi connectivity index (χ1v) is 2.79. The van der Waals surface area contributed by atoms with Crippen LogP contribution >= 0.6 is 0 Å². The van der Waals surface area contributed by atoms with Crippen molar-refractivity contribution in [3.05, 3.63) is 12.7 Å². The van der Waals surface area contributed by atoms with E-state index >= 15 is 0 Å². The molecule has 48 valence electrons. The minimum atomic E-state index is 0.632. The second kappa shape index (κ2) is 2.96. The quantitative estimate of drug-likeness (QED) is 0.616. The maximum Gasteiger partial charge on any atom is 0.225 e. The van der Waals surface area contributed by atoms with Crippen LogP contribution in [-0.2, 0) is 0 Å². The molecule has 0 aliphatic rings. The van der Waals surface area contributed by atoms with Gasteiger partial charge in [0, 0.05) is 6.54 Å². The van der Waals surface area contributed by atoms with E-state index in [0.29, 0.717) is 5.95 Å². The molecule has 0 unspecified atom stereocenters. The molecule has 1 rings (SSSR count). The number of aromatic nitrogens is 3. The molecule has 0 aliphatic carbocycles. The Morgan fingerprint density at radius 3 is 2.67 bits per heavy atom. The Balaban J connectivity index is 2.61. The molecule has 0 aromatic carbocycles. The first-order valence-electron chi connectivity index (χ1n) is 2.79. The third-order valence-electron chi connectivity index (χ3n) is 0.828. The zero-order valence-electron chi connectivity index (χ0n) is 5.20. The fourth-order valence-corrected chi connectivity index (χ4v) is 0.489. The summed E-state index contributed by atoms with van der Waals surface area (Å²) in [5.74, 6) is 0.632. The largest absolute Gasteiger partial charge is 0.354 e. The molecule has 0 saturated heterocycles. The van der Waals surface area contributed by atoms with Crippen molar-refractivity contribution in [1.29, 1.82) is 0 Å². The van der Waals surface area contributed by atoms with E-state index in [4.69, 9.17) is 0 Å². The zero-order valence-corrected chi connectivity index (χ0v) is 5.20. The molecule has 0 atom stereocenters. The highest BCUT2D eigenvalue weighted by Gasteiger charge is 1.85. The fourth-order valence-electron chi connectivity index (χ4n) is 0.489. The molecule has 1 heterocycles.